The van der Waals surface area contributed by atoms with Crippen molar-refractivity contribution in [3.8, 4) is 5.75 Å². The Morgan fingerprint density at radius 3 is 3.07 bits per heavy atom. The molecule has 0 unspecified atom stereocenters. The second kappa shape index (κ2) is 8.63. The fourth-order valence-electron chi connectivity index (χ4n) is 3.98. The van der Waals surface area contributed by atoms with Crippen LogP contribution >= 0.6 is 0 Å². The molecule has 1 saturated heterocycles. The first-order valence-corrected chi connectivity index (χ1v) is 10.3. The molecule has 1 aromatic heterocycles. The van der Waals surface area contributed by atoms with Crippen molar-refractivity contribution >= 4 is 17.5 Å². The molecule has 2 amide bonds. The molecule has 2 aliphatic heterocycles. The summed E-state index contributed by atoms with van der Waals surface area (Å²) in [4.78, 5) is 30.4. The highest BCUT2D eigenvalue weighted by atomic mass is 16.5. The number of anilines is 1. The van der Waals surface area contributed by atoms with Gasteiger partial charge >= 0.3 is 0 Å². The van der Waals surface area contributed by atoms with E-state index >= 15 is 0 Å². The predicted octanol–water partition coefficient (Wildman–Crippen LogP) is 2.56. The maximum Gasteiger partial charge on any atom is 0.224 e. The number of benzene rings is 1. The van der Waals surface area contributed by atoms with Crippen molar-refractivity contribution in [1.29, 1.82) is 0 Å². The van der Waals surface area contributed by atoms with Crippen LogP contribution in [-0.2, 0) is 16.0 Å². The molecule has 0 aliphatic carbocycles. The number of H-pyrrole nitrogens is 1. The van der Waals surface area contributed by atoms with Gasteiger partial charge in [-0.05, 0) is 56.4 Å². The Kier molecular flexibility index (Phi) is 5.78. The number of carbonyl (C=O) groups excluding carboxylic acids is 2. The zero-order valence-corrected chi connectivity index (χ0v) is 16.7. The van der Waals surface area contributed by atoms with Crippen molar-refractivity contribution in [1.82, 2.24) is 20.1 Å². The maximum atomic E-state index is 12.6. The minimum absolute atomic E-state index is 0.0582. The Labute approximate surface area is 170 Å². The topological polar surface area (TPSA) is 100 Å². The lowest BCUT2D eigenvalue weighted by Gasteiger charge is -2.31. The average molecular weight is 397 g/mol. The Morgan fingerprint density at radius 2 is 2.24 bits per heavy atom. The van der Waals surface area contributed by atoms with Gasteiger partial charge in [-0.15, -0.1) is 0 Å². The summed E-state index contributed by atoms with van der Waals surface area (Å²) in [6.45, 7) is 3.87. The zero-order chi connectivity index (χ0) is 20.2. The van der Waals surface area contributed by atoms with Crippen molar-refractivity contribution in [3.63, 3.8) is 0 Å². The van der Waals surface area contributed by atoms with E-state index in [4.69, 9.17) is 4.74 Å². The lowest BCUT2D eigenvalue weighted by atomic mass is 9.97. The number of fused-ring (bicyclic) bond motifs is 1. The first-order valence-electron chi connectivity index (χ1n) is 10.3. The summed E-state index contributed by atoms with van der Waals surface area (Å²) in [7, 11) is 0. The van der Waals surface area contributed by atoms with Crippen LogP contribution in [-0.4, -0.2) is 51.6 Å². The molecule has 1 fully saturated rings. The third-order valence-corrected chi connectivity index (χ3v) is 5.53. The molecule has 2 N–H and O–H groups in total. The summed E-state index contributed by atoms with van der Waals surface area (Å²) in [6, 6.07) is 5.72. The Hall–Kier alpha value is -2.90. The van der Waals surface area contributed by atoms with Gasteiger partial charge in [0.2, 0.25) is 11.8 Å². The smallest absolute Gasteiger partial charge is 0.224 e. The lowest BCUT2D eigenvalue weighted by molar-refractivity contribution is -0.132. The van der Waals surface area contributed by atoms with Crippen molar-refractivity contribution in [3.05, 3.63) is 35.4 Å². The molecule has 29 heavy (non-hydrogen) atoms. The zero-order valence-electron chi connectivity index (χ0n) is 16.7. The Balaban J connectivity index is 1.22. The molecule has 2 aliphatic rings. The molecule has 0 bridgehead atoms. The first kappa shape index (κ1) is 19.4. The molecule has 0 spiro atoms. The largest absolute Gasteiger partial charge is 0.494 e. The fourth-order valence-corrected chi connectivity index (χ4v) is 3.98. The van der Waals surface area contributed by atoms with Gasteiger partial charge in [0, 0.05) is 37.5 Å². The number of piperidine rings is 1. The van der Waals surface area contributed by atoms with E-state index in [-0.39, 0.29) is 17.7 Å². The minimum Gasteiger partial charge on any atom is -0.494 e. The second-order valence-corrected chi connectivity index (χ2v) is 7.78. The molecule has 8 nitrogen and oxygen atoms in total. The maximum absolute atomic E-state index is 12.6. The van der Waals surface area contributed by atoms with Gasteiger partial charge in [0.15, 0.2) is 5.82 Å². The van der Waals surface area contributed by atoms with Gasteiger partial charge in [-0.1, -0.05) is 0 Å². The quantitative estimate of drug-likeness (QED) is 0.730. The first-order chi connectivity index (χ1) is 14.1. The predicted molar refractivity (Wildman–Crippen MR) is 108 cm³/mol. The van der Waals surface area contributed by atoms with Crippen LogP contribution in [0.1, 0.15) is 55.2 Å². The van der Waals surface area contributed by atoms with Crippen LogP contribution in [0.3, 0.4) is 0 Å². The third kappa shape index (κ3) is 4.75. The molecule has 4 rings (SSSR count). The standard InChI is InChI=1S/C21H27N5O3/c1-14-22-21(25-24-14)16-4-2-10-26(13-16)20(28)5-3-11-29-17-7-8-18-15(12-17)6-9-19(27)23-18/h7-8,12,16H,2-6,9-11,13H2,1H3,(H,23,27)(H,22,24,25)/t16-/m0/s1. The summed E-state index contributed by atoms with van der Waals surface area (Å²) in [5.74, 6) is 2.84. The lowest BCUT2D eigenvalue weighted by Crippen LogP contribution is -2.39. The number of nitrogens with one attached hydrogen (secondary N) is 2. The normalized spacial score (nSPS) is 18.9. The summed E-state index contributed by atoms with van der Waals surface area (Å²) in [5.41, 5.74) is 1.96. The Bertz CT molecular complexity index is 894. The molecule has 0 saturated carbocycles. The molecule has 1 atom stereocenters. The number of aromatic nitrogens is 3. The number of carbonyl (C=O) groups is 2. The van der Waals surface area contributed by atoms with E-state index in [1.54, 1.807) is 0 Å². The monoisotopic (exact) mass is 397 g/mol. The SMILES string of the molecule is Cc1nc([C@H]2CCCN(C(=O)CCCOc3ccc4c(c3)CCC(=O)N4)C2)n[nH]1. The number of aryl methyl sites for hydroxylation is 2. The van der Waals surface area contributed by atoms with E-state index in [2.05, 4.69) is 20.5 Å². The highest BCUT2D eigenvalue weighted by molar-refractivity contribution is 5.94. The summed E-state index contributed by atoms with van der Waals surface area (Å²) >= 11 is 0. The van der Waals surface area contributed by atoms with Gasteiger partial charge in [-0.3, -0.25) is 14.7 Å². The molecular formula is C21H27N5O3. The van der Waals surface area contributed by atoms with E-state index < -0.39 is 0 Å². The van der Waals surface area contributed by atoms with Crippen LogP contribution in [0.15, 0.2) is 18.2 Å². The van der Waals surface area contributed by atoms with Crippen molar-refractivity contribution in [2.24, 2.45) is 0 Å². The van der Waals surface area contributed by atoms with Crippen LogP contribution in [0.2, 0.25) is 0 Å². The van der Waals surface area contributed by atoms with Crippen LogP contribution < -0.4 is 10.1 Å². The average Bonchev–Trinajstić information content (AvgIpc) is 3.17. The van der Waals surface area contributed by atoms with Crippen molar-refractivity contribution in [2.75, 3.05) is 25.0 Å². The van der Waals surface area contributed by atoms with E-state index in [1.807, 2.05) is 30.0 Å². The number of aromatic amines is 1. The molecule has 0 radical (unpaired) electrons. The van der Waals surface area contributed by atoms with Gasteiger partial charge in [0.05, 0.1) is 6.61 Å². The number of likely N-dealkylation sites (tertiary alicyclic amines) is 1. The molecule has 2 aromatic rings. The van der Waals surface area contributed by atoms with E-state index in [0.717, 1.165) is 54.5 Å². The summed E-state index contributed by atoms with van der Waals surface area (Å²) in [5, 5.41) is 10.0. The van der Waals surface area contributed by atoms with E-state index in [9.17, 15) is 9.59 Å². The molecular weight excluding hydrogens is 370 g/mol. The van der Waals surface area contributed by atoms with E-state index in [0.29, 0.717) is 32.4 Å². The van der Waals surface area contributed by atoms with Crippen LogP contribution in [0, 0.1) is 6.92 Å². The molecule has 8 heteroatoms. The number of ether oxygens (including phenoxy) is 1. The van der Waals surface area contributed by atoms with Crippen LogP contribution in [0.4, 0.5) is 5.69 Å². The van der Waals surface area contributed by atoms with Crippen LogP contribution in [0.5, 0.6) is 5.75 Å². The van der Waals surface area contributed by atoms with Gasteiger partial charge < -0.3 is 15.0 Å². The van der Waals surface area contributed by atoms with Gasteiger partial charge in [0.1, 0.15) is 11.6 Å². The molecule has 1 aromatic carbocycles. The number of hydrogen-bond donors (Lipinski definition) is 2. The fraction of sp³-hybridized carbons (Fsp3) is 0.524. The van der Waals surface area contributed by atoms with Gasteiger partial charge in [-0.25, -0.2) is 4.98 Å². The van der Waals surface area contributed by atoms with Crippen LogP contribution in [0.25, 0.3) is 0 Å². The van der Waals surface area contributed by atoms with Gasteiger partial charge in [-0.2, -0.15) is 5.10 Å². The second-order valence-electron chi connectivity index (χ2n) is 7.78. The highest BCUT2D eigenvalue weighted by Crippen LogP contribution is 2.27. The highest BCUT2D eigenvalue weighted by Gasteiger charge is 2.26. The number of nitrogens with zero attached hydrogens (tertiary/aromatic N) is 3. The summed E-state index contributed by atoms with van der Waals surface area (Å²) in [6.07, 6.45) is 4.38. The molecule has 3 heterocycles. The van der Waals surface area contributed by atoms with Crippen molar-refractivity contribution in [2.45, 2.75) is 51.4 Å². The van der Waals surface area contributed by atoms with Crippen molar-refractivity contribution < 1.29 is 14.3 Å². The third-order valence-electron chi connectivity index (χ3n) is 5.53. The Morgan fingerprint density at radius 1 is 1.34 bits per heavy atom. The molecule has 154 valence electrons. The summed E-state index contributed by atoms with van der Waals surface area (Å²) < 4.78 is 5.82. The minimum atomic E-state index is 0.0582. The number of amides is 2. The van der Waals surface area contributed by atoms with Gasteiger partial charge in [0.25, 0.3) is 0 Å². The van der Waals surface area contributed by atoms with E-state index in [1.165, 1.54) is 0 Å². The number of rotatable bonds is 6. The number of hydrogen-bond acceptors (Lipinski definition) is 5.